The number of fused-ring (bicyclic) bond motifs is 1. The van der Waals surface area contributed by atoms with Crippen molar-refractivity contribution in [1.82, 2.24) is 9.55 Å². The van der Waals surface area contributed by atoms with E-state index in [1.807, 2.05) is 29.7 Å². The number of aryl methyl sites for hydroxylation is 1. The lowest BCUT2D eigenvalue weighted by molar-refractivity contribution is -0.121. The quantitative estimate of drug-likeness (QED) is 0.557. The van der Waals surface area contributed by atoms with Crippen molar-refractivity contribution in [3.8, 4) is 5.75 Å². The van der Waals surface area contributed by atoms with Gasteiger partial charge in [0.1, 0.15) is 5.75 Å². The SMILES string of the molecule is Cc1ccc(NC(=O)[C@H]2CC[C@@H](n3c(=O)[nH]c4c(Br)cccc43)CC2)cc1O. The van der Waals surface area contributed by atoms with Crippen LogP contribution in [0.15, 0.2) is 45.7 Å². The number of amides is 1. The number of phenolic OH excluding ortho intramolecular Hbond substituents is 1. The summed E-state index contributed by atoms with van der Waals surface area (Å²) < 4.78 is 2.70. The predicted molar refractivity (Wildman–Crippen MR) is 113 cm³/mol. The van der Waals surface area contributed by atoms with E-state index in [-0.39, 0.29) is 29.3 Å². The largest absolute Gasteiger partial charge is 0.508 e. The van der Waals surface area contributed by atoms with Crippen LogP contribution in [0.25, 0.3) is 11.0 Å². The molecule has 1 amide bonds. The number of benzene rings is 2. The first kappa shape index (κ1) is 18.8. The van der Waals surface area contributed by atoms with Crippen LogP contribution in [-0.2, 0) is 4.79 Å². The van der Waals surface area contributed by atoms with Gasteiger partial charge in [0.15, 0.2) is 0 Å². The number of aromatic amines is 1. The van der Waals surface area contributed by atoms with E-state index >= 15 is 0 Å². The van der Waals surface area contributed by atoms with Gasteiger partial charge in [-0.3, -0.25) is 9.36 Å². The number of phenols is 1. The number of nitrogens with one attached hydrogen (secondary N) is 2. The monoisotopic (exact) mass is 443 g/mol. The summed E-state index contributed by atoms with van der Waals surface area (Å²) in [6.07, 6.45) is 3.00. The second kappa shape index (κ2) is 7.47. The molecule has 0 unspecified atom stereocenters. The van der Waals surface area contributed by atoms with Crippen molar-refractivity contribution in [2.45, 2.75) is 38.6 Å². The van der Waals surface area contributed by atoms with E-state index in [9.17, 15) is 14.7 Å². The molecule has 1 saturated carbocycles. The van der Waals surface area contributed by atoms with E-state index in [0.29, 0.717) is 5.69 Å². The van der Waals surface area contributed by atoms with Crippen molar-refractivity contribution in [2.75, 3.05) is 5.32 Å². The number of halogens is 1. The van der Waals surface area contributed by atoms with Crippen LogP contribution in [0.2, 0.25) is 0 Å². The molecule has 0 aliphatic heterocycles. The van der Waals surface area contributed by atoms with E-state index in [1.54, 1.807) is 18.2 Å². The highest BCUT2D eigenvalue weighted by molar-refractivity contribution is 9.10. The maximum atomic E-state index is 12.6. The van der Waals surface area contributed by atoms with Gasteiger partial charge in [0, 0.05) is 28.2 Å². The minimum Gasteiger partial charge on any atom is -0.508 e. The van der Waals surface area contributed by atoms with Gasteiger partial charge in [0.05, 0.1) is 11.0 Å². The molecule has 0 atom stereocenters. The smallest absolute Gasteiger partial charge is 0.326 e. The zero-order chi connectivity index (χ0) is 19.8. The third-order valence-corrected chi connectivity index (χ3v) is 6.27. The van der Waals surface area contributed by atoms with Crippen LogP contribution in [-0.4, -0.2) is 20.6 Å². The van der Waals surface area contributed by atoms with Crippen LogP contribution >= 0.6 is 15.9 Å². The molecule has 28 heavy (non-hydrogen) atoms. The Bertz CT molecular complexity index is 1090. The highest BCUT2D eigenvalue weighted by Gasteiger charge is 2.29. The highest BCUT2D eigenvalue weighted by atomic mass is 79.9. The number of anilines is 1. The molecule has 6 nitrogen and oxygen atoms in total. The van der Waals surface area contributed by atoms with Crippen molar-refractivity contribution in [2.24, 2.45) is 5.92 Å². The average molecular weight is 444 g/mol. The topological polar surface area (TPSA) is 87.1 Å². The normalized spacial score (nSPS) is 19.6. The van der Waals surface area contributed by atoms with Gasteiger partial charge in [0.2, 0.25) is 5.91 Å². The summed E-state index contributed by atoms with van der Waals surface area (Å²) in [5.74, 6) is 0.0504. The van der Waals surface area contributed by atoms with Crippen LogP contribution in [0.5, 0.6) is 5.75 Å². The third kappa shape index (κ3) is 3.46. The lowest BCUT2D eigenvalue weighted by atomic mass is 9.85. The minimum atomic E-state index is -0.107. The maximum absolute atomic E-state index is 12.6. The van der Waals surface area contributed by atoms with Crippen molar-refractivity contribution >= 4 is 38.6 Å². The first-order chi connectivity index (χ1) is 13.4. The van der Waals surface area contributed by atoms with E-state index in [4.69, 9.17) is 0 Å². The Kier molecular flexibility index (Phi) is 5.02. The number of carbonyl (C=O) groups is 1. The Balaban J connectivity index is 1.45. The van der Waals surface area contributed by atoms with Crippen molar-refractivity contribution in [1.29, 1.82) is 0 Å². The molecule has 1 fully saturated rings. The standard InChI is InChI=1S/C21H22BrN3O3/c1-12-5-8-14(11-18(12)26)23-20(27)13-6-9-15(10-7-13)25-17-4-2-3-16(22)19(17)24-21(25)28/h2-5,8,11,13,15,26H,6-7,9-10H2,1H3,(H,23,27)(H,24,28)/t13-,15+. The number of hydrogen-bond donors (Lipinski definition) is 3. The molecule has 1 aromatic heterocycles. The molecule has 0 bridgehead atoms. The number of para-hydroxylation sites is 1. The Morgan fingerprint density at radius 1 is 1.21 bits per heavy atom. The second-order valence-electron chi connectivity index (χ2n) is 7.43. The number of aromatic nitrogens is 2. The molecule has 7 heteroatoms. The fourth-order valence-corrected chi connectivity index (χ4v) is 4.46. The Morgan fingerprint density at radius 3 is 2.68 bits per heavy atom. The van der Waals surface area contributed by atoms with Crippen LogP contribution in [0.3, 0.4) is 0 Å². The van der Waals surface area contributed by atoms with Gasteiger partial charge < -0.3 is 15.4 Å². The molecule has 3 N–H and O–H groups in total. The lowest BCUT2D eigenvalue weighted by Crippen LogP contribution is -2.31. The van der Waals surface area contributed by atoms with Gasteiger partial charge in [-0.05, 0) is 72.3 Å². The third-order valence-electron chi connectivity index (χ3n) is 5.61. The van der Waals surface area contributed by atoms with Crippen LogP contribution < -0.4 is 11.0 Å². The molecule has 146 valence electrons. The summed E-state index contributed by atoms with van der Waals surface area (Å²) in [4.78, 5) is 28.0. The summed E-state index contributed by atoms with van der Waals surface area (Å²) in [6.45, 7) is 1.81. The lowest BCUT2D eigenvalue weighted by Gasteiger charge is -2.28. The van der Waals surface area contributed by atoms with Crippen LogP contribution in [0.4, 0.5) is 5.69 Å². The number of imidazole rings is 1. The van der Waals surface area contributed by atoms with E-state index in [2.05, 4.69) is 26.2 Å². The maximum Gasteiger partial charge on any atom is 0.326 e. The summed E-state index contributed by atoms with van der Waals surface area (Å²) in [5, 5.41) is 12.7. The van der Waals surface area contributed by atoms with Gasteiger partial charge >= 0.3 is 5.69 Å². The summed E-state index contributed by atoms with van der Waals surface area (Å²) in [6, 6.07) is 11.0. The molecule has 3 aromatic rings. The van der Waals surface area contributed by atoms with Gasteiger partial charge in [-0.2, -0.15) is 0 Å². The Hall–Kier alpha value is -2.54. The molecule has 1 aliphatic rings. The van der Waals surface area contributed by atoms with Crippen LogP contribution in [0, 0.1) is 12.8 Å². The van der Waals surface area contributed by atoms with Crippen LogP contribution in [0.1, 0.15) is 37.3 Å². The first-order valence-corrected chi connectivity index (χ1v) is 10.2. The van der Waals surface area contributed by atoms with Gasteiger partial charge in [-0.25, -0.2) is 4.79 Å². The molecule has 4 rings (SSSR count). The first-order valence-electron chi connectivity index (χ1n) is 9.43. The number of rotatable bonds is 3. The molecule has 0 spiro atoms. The number of aromatic hydroxyl groups is 1. The molecular formula is C21H22BrN3O3. The van der Waals surface area contributed by atoms with E-state index < -0.39 is 0 Å². The van der Waals surface area contributed by atoms with E-state index in [1.165, 1.54) is 0 Å². The molecule has 0 saturated heterocycles. The Morgan fingerprint density at radius 2 is 1.96 bits per heavy atom. The molecule has 1 aliphatic carbocycles. The molecule has 2 aromatic carbocycles. The number of nitrogens with zero attached hydrogens (tertiary/aromatic N) is 1. The number of carbonyl (C=O) groups excluding carboxylic acids is 1. The fraction of sp³-hybridized carbons (Fsp3) is 0.333. The van der Waals surface area contributed by atoms with Gasteiger partial charge in [-0.15, -0.1) is 0 Å². The van der Waals surface area contributed by atoms with Crippen molar-refractivity contribution in [3.63, 3.8) is 0 Å². The average Bonchev–Trinajstić information content (AvgIpc) is 3.02. The van der Waals surface area contributed by atoms with Crippen molar-refractivity contribution in [3.05, 3.63) is 56.9 Å². The summed E-state index contributed by atoms with van der Waals surface area (Å²) in [5.41, 5.74) is 2.97. The minimum absolute atomic E-state index is 0.0317. The molecule has 0 radical (unpaired) electrons. The molecular weight excluding hydrogens is 422 g/mol. The zero-order valence-electron chi connectivity index (χ0n) is 15.5. The Labute approximate surface area is 170 Å². The number of hydrogen-bond acceptors (Lipinski definition) is 3. The predicted octanol–water partition coefficient (Wildman–Crippen LogP) is 4.48. The summed E-state index contributed by atoms with van der Waals surface area (Å²) in [7, 11) is 0. The fourth-order valence-electron chi connectivity index (χ4n) is 4.00. The highest BCUT2D eigenvalue weighted by Crippen LogP contribution is 2.34. The van der Waals surface area contributed by atoms with Gasteiger partial charge in [0.25, 0.3) is 0 Å². The van der Waals surface area contributed by atoms with E-state index in [0.717, 1.165) is 46.8 Å². The summed E-state index contributed by atoms with van der Waals surface area (Å²) >= 11 is 3.48. The molecule has 1 heterocycles. The van der Waals surface area contributed by atoms with Gasteiger partial charge in [-0.1, -0.05) is 12.1 Å². The second-order valence-corrected chi connectivity index (χ2v) is 8.28. The zero-order valence-corrected chi connectivity index (χ0v) is 17.1. The number of H-pyrrole nitrogens is 1. The van der Waals surface area contributed by atoms with Crippen molar-refractivity contribution < 1.29 is 9.90 Å².